The molecule has 2 heterocycles. The largest absolute Gasteiger partial charge is 0.317 e. The van der Waals surface area contributed by atoms with E-state index in [2.05, 4.69) is 11.1 Å². The molecule has 0 saturated heterocycles. The minimum atomic E-state index is -0.534. The third kappa shape index (κ3) is 1.44. The van der Waals surface area contributed by atoms with Gasteiger partial charge in [0, 0.05) is 38.3 Å². The molecule has 83 valence electrons. The van der Waals surface area contributed by atoms with Crippen molar-refractivity contribution in [2.24, 2.45) is 0 Å². The Hall–Kier alpha value is -1.32. The fourth-order valence-corrected chi connectivity index (χ4v) is 1.66. The zero-order chi connectivity index (χ0) is 10.4. The molecule has 2 aromatic heterocycles. The molecule has 0 fully saturated rings. The third-order valence-electron chi connectivity index (χ3n) is 2.34. The number of fused-ring (bicyclic) bond motifs is 3. The van der Waals surface area contributed by atoms with Gasteiger partial charge in [-0.05, 0) is 6.07 Å². The number of benzene rings is 1. The standard InChI is InChI=1S/C11H5F2N2.Ir/c12-9-3-1-2-7-8(9)6-10(13)15-5-4-14-11(7)15;/h1,3-6H;/q-1;. The van der Waals surface area contributed by atoms with E-state index in [4.69, 9.17) is 0 Å². The van der Waals surface area contributed by atoms with Gasteiger partial charge in [0.2, 0.25) is 0 Å². The van der Waals surface area contributed by atoms with Crippen LogP contribution in [0.1, 0.15) is 0 Å². The molecule has 0 saturated carbocycles. The fourth-order valence-electron chi connectivity index (χ4n) is 1.66. The Labute approximate surface area is 103 Å². The van der Waals surface area contributed by atoms with Crippen molar-refractivity contribution in [1.29, 1.82) is 0 Å². The fraction of sp³-hybridized carbons (Fsp3) is 0. The normalized spacial score (nSPS) is 10.6. The summed E-state index contributed by atoms with van der Waals surface area (Å²) in [6.45, 7) is 0. The van der Waals surface area contributed by atoms with Crippen molar-refractivity contribution in [2.45, 2.75) is 0 Å². The molecule has 0 aliphatic rings. The summed E-state index contributed by atoms with van der Waals surface area (Å²) in [4.78, 5) is 3.97. The van der Waals surface area contributed by atoms with Gasteiger partial charge in [-0.2, -0.15) is 4.39 Å². The number of imidazole rings is 1. The van der Waals surface area contributed by atoms with Gasteiger partial charge < -0.3 is 4.40 Å². The van der Waals surface area contributed by atoms with Crippen LogP contribution in [0.15, 0.2) is 30.6 Å². The second-order valence-electron chi connectivity index (χ2n) is 3.20. The SMILES string of the molecule is Fc1cc[c-]c2c1cc(F)n1ccnc21.[Ir]. The summed E-state index contributed by atoms with van der Waals surface area (Å²) in [6.07, 6.45) is 2.96. The summed E-state index contributed by atoms with van der Waals surface area (Å²) in [5.41, 5.74) is 0.379. The molecule has 5 heteroatoms. The van der Waals surface area contributed by atoms with Gasteiger partial charge in [0.25, 0.3) is 0 Å². The maximum absolute atomic E-state index is 13.5. The van der Waals surface area contributed by atoms with Crippen LogP contribution in [0.4, 0.5) is 8.78 Å². The van der Waals surface area contributed by atoms with Gasteiger partial charge in [-0.25, -0.2) is 4.39 Å². The van der Waals surface area contributed by atoms with Crippen LogP contribution in [0.25, 0.3) is 16.4 Å². The van der Waals surface area contributed by atoms with Crippen molar-refractivity contribution in [1.82, 2.24) is 9.38 Å². The van der Waals surface area contributed by atoms with Crippen LogP contribution in [-0.4, -0.2) is 9.38 Å². The van der Waals surface area contributed by atoms with Crippen LogP contribution in [0.5, 0.6) is 0 Å². The first kappa shape index (κ1) is 11.2. The van der Waals surface area contributed by atoms with Crippen LogP contribution in [0.2, 0.25) is 0 Å². The van der Waals surface area contributed by atoms with Crippen LogP contribution in [-0.2, 0) is 20.1 Å². The van der Waals surface area contributed by atoms with Crippen LogP contribution in [0, 0.1) is 17.8 Å². The second kappa shape index (κ2) is 3.92. The van der Waals surface area contributed by atoms with E-state index in [1.807, 2.05) is 0 Å². The van der Waals surface area contributed by atoms with Gasteiger partial charge in [0.05, 0.1) is 5.65 Å². The first-order chi connectivity index (χ1) is 7.27. The average molecular weight is 395 g/mol. The molecule has 1 radical (unpaired) electrons. The maximum atomic E-state index is 13.5. The summed E-state index contributed by atoms with van der Waals surface area (Å²) >= 11 is 0. The number of pyridine rings is 1. The van der Waals surface area contributed by atoms with E-state index < -0.39 is 11.8 Å². The molecule has 16 heavy (non-hydrogen) atoms. The topological polar surface area (TPSA) is 17.3 Å². The van der Waals surface area contributed by atoms with E-state index >= 15 is 0 Å². The minimum Gasteiger partial charge on any atom is -0.317 e. The number of halogens is 2. The number of rotatable bonds is 0. The molecule has 0 aliphatic carbocycles. The van der Waals surface area contributed by atoms with E-state index in [0.717, 1.165) is 6.07 Å². The maximum Gasteiger partial charge on any atom is 0.182 e. The van der Waals surface area contributed by atoms with Gasteiger partial charge in [-0.15, -0.1) is 18.2 Å². The Bertz CT molecular complexity index is 663. The predicted octanol–water partition coefficient (Wildman–Crippen LogP) is 2.56. The van der Waals surface area contributed by atoms with Crippen LogP contribution >= 0.6 is 0 Å². The van der Waals surface area contributed by atoms with Gasteiger partial charge in [0.15, 0.2) is 5.95 Å². The van der Waals surface area contributed by atoms with Crippen LogP contribution < -0.4 is 0 Å². The van der Waals surface area contributed by atoms with E-state index in [0.29, 0.717) is 11.0 Å². The number of nitrogens with zero attached hydrogens (tertiary/aromatic N) is 2. The van der Waals surface area contributed by atoms with Gasteiger partial charge in [-0.1, -0.05) is 10.8 Å². The molecule has 0 amide bonds. The average Bonchev–Trinajstić information content (AvgIpc) is 2.69. The molecule has 3 rings (SSSR count). The van der Waals surface area contributed by atoms with Gasteiger partial charge >= 0.3 is 0 Å². The Morgan fingerprint density at radius 1 is 1.31 bits per heavy atom. The van der Waals surface area contributed by atoms with Crippen molar-refractivity contribution in [3.63, 3.8) is 0 Å². The Balaban J connectivity index is 0.000000963. The molecule has 2 nitrogen and oxygen atoms in total. The monoisotopic (exact) mass is 396 g/mol. The van der Waals surface area contributed by atoms with E-state index in [9.17, 15) is 8.78 Å². The summed E-state index contributed by atoms with van der Waals surface area (Å²) in [5, 5.41) is 0.690. The Kier molecular flexibility index (Phi) is 2.74. The molecule has 0 spiro atoms. The summed E-state index contributed by atoms with van der Waals surface area (Å²) in [6, 6.07) is 6.72. The Morgan fingerprint density at radius 2 is 2.12 bits per heavy atom. The molecule has 0 atom stereocenters. The smallest absolute Gasteiger partial charge is 0.182 e. The zero-order valence-corrected chi connectivity index (χ0v) is 10.3. The Morgan fingerprint density at radius 3 is 2.94 bits per heavy atom. The van der Waals surface area contributed by atoms with Crippen molar-refractivity contribution < 1.29 is 28.9 Å². The van der Waals surface area contributed by atoms with Crippen molar-refractivity contribution in [3.05, 3.63) is 48.4 Å². The quantitative estimate of drug-likeness (QED) is 0.423. The molecule has 0 bridgehead atoms. The summed E-state index contributed by atoms with van der Waals surface area (Å²) in [5.74, 6) is -0.998. The molecule has 0 unspecified atom stereocenters. The molecule has 3 aromatic rings. The number of hydrogen-bond acceptors (Lipinski definition) is 1. The molecule has 0 aliphatic heterocycles. The molecular weight excluding hydrogens is 390 g/mol. The van der Waals surface area contributed by atoms with E-state index in [1.165, 1.54) is 28.9 Å². The van der Waals surface area contributed by atoms with Gasteiger partial charge in [-0.3, -0.25) is 4.98 Å². The van der Waals surface area contributed by atoms with Crippen molar-refractivity contribution in [3.8, 4) is 0 Å². The molecule has 0 N–H and O–H groups in total. The molecular formula is C11H5F2IrN2-. The summed E-state index contributed by atoms with van der Waals surface area (Å²) < 4.78 is 28.1. The van der Waals surface area contributed by atoms with Crippen molar-refractivity contribution in [2.75, 3.05) is 0 Å². The van der Waals surface area contributed by atoms with E-state index in [-0.39, 0.29) is 25.5 Å². The first-order valence-electron chi connectivity index (χ1n) is 4.39. The summed E-state index contributed by atoms with van der Waals surface area (Å²) in [7, 11) is 0. The zero-order valence-electron chi connectivity index (χ0n) is 7.87. The van der Waals surface area contributed by atoms with Crippen LogP contribution in [0.3, 0.4) is 0 Å². The third-order valence-corrected chi connectivity index (χ3v) is 2.34. The van der Waals surface area contributed by atoms with E-state index in [1.54, 1.807) is 0 Å². The van der Waals surface area contributed by atoms with Crippen molar-refractivity contribution >= 4 is 16.4 Å². The number of hydrogen-bond donors (Lipinski definition) is 0. The predicted molar refractivity (Wildman–Crippen MR) is 51.5 cm³/mol. The second-order valence-corrected chi connectivity index (χ2v) is 3.20. The molecule has 1 aromatic carbocycles. The first-order valence-corrected chi connectivity index (χ1v) is 4.39. The number of aromatic nitrogens is 2. The van der Waals surface area contributed by atoms with Gasteiger partial charge in [0.1, 0.15) is 0 Å². The minimum absolute atomic E-state index is 0.